The molecule has 3 rings (SSSR count). The van der Waals surface area contributed by atoms with Gasteiger partial charge in [0.2, 0.25) is 11.8 Å². The number of hydrogen-bond donors (Lipinski definition) is 1. The minimum absolute atomic E-state index is 0.143. The Morgan fingerprint density at radius 2 is 2.23 bits per heavy atom. The highest BCUT2D eigenvalue weighted by Gasteiger charge is 2.35. The van der Waals surface area contributed by atoms with Gasteiger partial charge < -0.3 is 14.7 Å². The highest BCUT2D eigenvalue weighted by Crippen LogP contribution is 2.25. The lowest BCUT2D eigenvalue weighted by Gasteiger charge is -2.16. The van der Waals surface area contributed by atoms with Gasteiger partial charge in [0.1, 0.15) is 11.6 Å². The fourth-order valence-corrected chi connectivity index (χ4v) is 3.26. The second-order valence-corrected chi connectivity index (χ2v) is 6.58. The highest BCUT2D eigenvalue weighted by molar-refractivity contribution is 6.00. The quantitative estimate of drug-likeness (QED) is 0.804. The molecule has 0 spiro atoms. The number of aryl methyl sites for hydroxylation is 2. The fourth-order valence-electron chi connectivity index (χ4n) is 3.26. The van der Waals surface area contributed by atoms with Gasteiger partial charge in [-0.2, -0.15) is 0 Å². The molecule has 7 heteroatoms. The van der Waals surface area contributed by atoms with Crippen LogP contribution in [0.1, 0.15) is 29.9 Å². The first kappa shape index (κ1) is 18.1. The molecule has 0 saturated carbocycles. The first-order chi connectivity index (χ1) is 12.5. The summed E-state index contributed by atoms with van der Waals surface area (Å²) in [7, 11) is 0. The molecule has 2 heterocycles. The summed E-state index contributed by atoms with van der Waals surface area (Å²) in [5.74, 6) is -0.309. The zero-order chi connectivity index (χ0) is 18.7. The van der Waals surface area contributed by atoms with Crippen LogP contribution in [0.4, 0.5) is 10.1 Å². The number of nitrogens with one attached hydrogen (secondary N) is 1. The fraction of sp³-hybridized carbons (Fsp3) is 0.421. The van der Waals surface area contributed by atoms with Crippen molar-refractivity contribution >= 4 is 17.5 Å². The van der Waals surface area contributed by atoms with Gasteiger partial charge in [0.25, 0.3) is 0 Å². The molecule has 1 aromatic carbocycles. The van der Waals surface area contributed by atoms with Crippen LogP contribution in [0.2, 0.25) is 0 Å². The van der Waals surface area contributed by atoms with E-state index in [1.807, 2.05) is 13.8 Å². The zero-order valence-electron chi connectivity index (χ0n) is 14.9. The molecule has 138 valence electrons. The van der Waals surface area contributed by atoms with Gasteiger partial charge in [-0.15, -0.1) is 0 Å². The average Bonchev–Trinajstić information content (AvgIpc) is 3.15. The number of anilines is 1. The Labute approximate surface area is 151 Å². The van der Waals surface area contributed by atoms with Crippen molar-refractivity contribution in [3.05, 3.63) is 47.1 Å². The maximum Gasteiger partial charge on any atom is 0.227 e. The first-order valence-corrected chi connectivity index (χ1v) is 8.71. The van der Waals surface area contributed by atoms with Crippen molar-refractivity contribution in [3.63, 3.8) is 0 Å². The summed E-state index contributed by atoms with van der Waals surface area (Å²) in [5, 5.41) is 6.80. The largest absolute Gasteiger partial charge is 0.361 e. The summed E-state index contributed by atoms with van der Waals surface area (Å²) in [6.07, 6.45) is 1.69. The van der Waals surface area contributed by atoms with Crippen LogP contribution in [0.5, 0.6) is 0 Å². The molecule has 0 radical (unpaired) electrons. The van der Waals surface area contributed by atoms with Gasteiger partial charge in [-0.1, -0.05) is 11.2 Å². The van der Waals surface area contributed by atoms with E-state index in [1.165, 1.54) is 17.0 Å². The molecule has 2 amide bonds. The van der Waals surface area contributed by atoms with Crippen LogP contribution in [0.3, 0.4) is 0 Å². The number of hydrogen-bond acceptors (Lipinski definition) is 4. The van der Waals surface area contributed by atoms with E-state index >= 15 is 0 Å². The Kier molecular flexibility index (Phi) is 5.35. The van der Waals surface area contributed by atoms with Crippen molar-refractivity contribution in [1.29, 1.82) is 0 Å². The third-order valence-electron chi connectivity index (χ3n) is 4.70. The lowest BCUT2D eigenvalue weighted by atomic mass is 10.1. The zero-order valence-corrected chi connectivity index (χ0v) is 14.9. The second-order valence-electron chi connectivity index (χ2n) is 6.58. The van der Waals surface area contributed by atoms with Crippen LogP contribution >= 0.6 is 0 Å². The molecule has 0 bridgehead atoms. The van der Waals surface area contributed by atoms with Gasteiger partial charge in [-0.25, -0.2) is 4.39 Å². The molecule has 1 N–H and O–H groups in total. The summed E-state index contributed by atoms with van der Waals surface area (Å²) in [6.45, 7) is 4.57. The van der Waals surface area contributed by atoms with Crippen molar-refractivity contribution in [2.75, 3.05) is 18.0 Å². The normalized spacial score (nSPS) is 17.0. The van der Waals surface area contributed by atoms with Crippen molar-refractivity contribution in [1.82, 2.24) is 10.5 Å². The molecule has 1 aliphatic rings. The summed E-state index contributed by atoms with van der Waals surface area (Å²) in [4.78, 5) is 26.0. The van der Waals surface area contributed by atoms with Crippen LogP contribution in [0, 0.1) is 25.6 Å². The summed E-state index contributed by atoms with van der Waals surface area (Å²) < 4.78 is 18.5. The molecule has 1 atom stereocenters. The van der Waals surface area contributed by atoms with Gasteiger partial charge in [-0.05, 0) is 44.9 Å². The van der Waals surface area contributed by atoms with E-state index in [2.05, 4.69) is 10.5 Å². The van der Waals surface area contributed by atoms with E-state index < -0.39 is 11.7 Å². The molecule has 26 heavy (non-hydrogen) atoms. The molecular weight excluding hydrogens is 337 g/mol. The number of halogens is 1. The Morgan fingerprint density at radius 3 is 2.92 bits per heavy atom. The van der Waals surface area contributed by atoms with Gasteiger partial charge in [0.05, 0.1) is 11.6 Å². The summed E-state index contributed by atoms with van der Waals surface area (Å²) in [6, 6.07) is 5.86. The molecule has 1 aromatic heterocycles. The monoisotopic (exact) mass is 359 g/mol. The number of aromatic nitrogens is 1. The molecule has 0 unspecified atom stereocenters. The highest BCUT2D eigenvalue weighted by atomic mass is 19.1. The summed E-state index contributed by atoms with van der Waals surface area (Å²) in [5.41, 5.74) is 2.44. The third kappa shape index (κ3) is 3.92. The Hall–Kier alpha value is -2.70. The van der Waals surface area contributed by atoms with Crippen LogP contribution in [0.25, 0.3) is 0 Å². The van der Waals surface area contributed by atoms with Crippen molar-refractivity contribution in [2.24, 2.45) is 5.92 Å². The standard InChI is InChI=1S/C19H22FN3O3/c1-12-17(13(2)26-22-12)7-4-8-21-19(25)14-9-18(24)23(11-14)16-6-3-5-15(20)10-16/h3,5-6,10,14H,4,7-9,11H2,1-2H3,(H,21,25)/t14-/m1/s1. The van der Waals surface area contributed by atoms with E-state index in [0.29, 0.717) is 12.2 Å². The van der Waals surface area contributed by atoms with Gasteiger partial charge >= 0.3 is 0 Å². The molecule has 1 aliphatic heterocycles. The smallest absolute Gasteiger partial charge is 0.227 e. The molecule has 1 saturated heterocycles. The van der Waals surface area contributed by atoms with Crippen molar-refractivity contribution in [3.8, 4) is 0 Å². The number of benzene rings is 1. The van der Waals surface area contributed by atoms with E-state index in [-0.39, 0.29) is 24.8 Å². The van der Waals surface area contributed by atoms with Crippen LogP contribution < -0.4 is 10.2 Å². The SMILES string of the molecule is Cc1noc(C)c1CCCNC(=O)[C@@H]1CC(=O)N(c2cccc(F)c2)C1. The molecule has 2 aromatic rings. The Balaban J connectivity index is 1.49. The number of rotatable bonds is 6. The predicted molar refractivity (Wildman–Crippen MR) is 94.2 cm³/mol. The first-order valence-electron chi connectivity index (χ1n) is 8.71. The number of carbonyl (C=O) groups excluding carboxylic acids is 2. The van der Waals surface area contributed by atoms with Crippen LogP contribution in [0.15, 0.2) is 28.8 Å². The average molecular weight is 359 g/mol. The number of carbonyl (C=O) groups is 2. The predicted octanol–water partition coefficient (Wildman–Crippen LogP) is 2.53. The van der Waals surface area contributed by atoms with E-state index in [0.717, 1.165) is 29.9 Å². The topological polar surface area (TPSA) is 75.4 Å². The van der Waals surface area contributed by atoms with Crippen LogP contribution in [-0.2, 0) is 16.0 Å². The van der Waals surface area contributed by atoms with E-state index in [9.17, 15) is 14.0 Å². The Morgan fingerprint density at radius 1 is 1.42 bits per heavy atom. The van der Waals surface area contributed by atoms with E-state index in [1.54, 1.807) is 12.1 Å². The lowest BCUT2D eigenvalue weighted by Crippen LogP contribution is -2.33. The van der Waals surface area contributed by atoms with Gasteiger partial charge in [-0.3, -0.25) is 9.59 Å². The second kappa shape index (κ2) is 7.68. The maximum atomic E-state index is 13.4. The van der Waals surface area contributed by atoms with Gasteiger partial charge in [0, 0.05) is 30.8 Å². The number of amides is 2. The number of nitrogens with zero attached hydrogens (tertiary/aromatic N) is 2. The molecular formula is C19H22FN3O3. The molecule has 0 aliphatic carbocycles. The minimum atomic E-state index is -0.412. The van der Waals surface area contributed by atoms with Crippen molar-refractivity contribution in [2.45, 2.75) is 33.1 Å². The van der Waals surface area contributed by atoms with E-state index in [4.69, 9.17) is 4.52 Å². The molecule has 1 fully saturated rings. The third-order valence-corrected chi connectivity index (χ3v) is 4.70. The lowest BCUT2D eigenvalue weighted by molar-refractivity contribution is -0.126. The van der Waals surface area contributed by atoms with Crippen molar-refractivity contribution < 1.29 is 18.5 Å². The molecule has 6 nitrogen and oxygen atoms in total. The van der Waals surface area contributed by atoms with Gasteiger partial charge in [0.15, 0.2) is 0 Å². The minimum Gasteiger partial charge on any atom is -0.361 e. The summed E-state index contributed by atoms with van der Waals surface area (Å²) >= 11 is 0. The maximum absolute atomic E-state index is 13.4. The Bertz CT molecular complexity index is 799. The van der Waals surface area contributed by atoms with Crippen LogP contribution in [-0.4, -0.2) is 30.1 Å².